The zero-order valence-corrected chi connectivity index (χ0v) is 57.2. The van der Waals surface area contributed by atoms with Gasteiger partial charge in [0.1, 0.15) is 41.3 Å². The number of aliphatic carboxylic acids is 1. The number of ether oxygens (including phenoxy) is 5. The van der Waals surface area contributed by atoms with Gasteiger partial charge in [0.2, 0.25) is 23.1 Å². The summed E-state index contributed by atoms with van der Waals surface area (Å²) < 4.78 is 74.6. The Kier molecular flexibility index (Phi) is 33.9. The lowest BCUT2D eigenvalue weighted by atomic mass is 10.0. The number of nitrogens with one attached hydrogen (secondary N) is 2. The molecule has 1 aliphatic rings. The van der Waals surface area contributed by atoms with E-state index in [-0.39, 0.29) is 76.3 Å². The molecule has 0 saturated carbocycles. The van der Waals surface area contributed by atoms with Crippen LogP contribution in [0.5, 0.6) is 17.2 Å². The van der Waals surface area contributed by atoms with Crippen molar-refractivity contribution in [1.82, 2.24) is 15.0 Å². The summed E-state index contributed by atoms with van der Waals surface area (Å²) in [5, 5.41) is 25.5. The summed E-state index contributed by atoms with van der Waals surface area (Å²) in [6.45, 7) is 21.7. The first-order valence-electron chi connectivity index (χ1n) is 28.0. The number of amides is 2. The maximum absolute atomic E-state index is 12.8. The van der Waals surface area contributed by atoms with Crippen molar-refractivity contribution in [2.45, 2.75) is 123 Å². The molecule has 5 atom stereocenters. The number of aromatic nitrogens is 3. The Bertz CT molecular complexity index is 3330. The van der Waals surface area contributed by atoms with Gasteiger partial charge in [-0.25, -0.2) is 9.59 Å². The van der Waals surface area contributed by atoms with Gasteiger partial charge >= 0.3 is 24.1 Å². The quantitative estimate of drug-likeness (QED) is 0.0150. The highest BCUT2D eigenvalue weighted by atomic mass is 35.5. The molecule has 6 rings (SSSR count). The maximum Gasteiger partial charge on any atom is 0.416 e. The van der Waals surface area contributed by atoms with Crippen molar-refractivity contribution in [2.24, 2.45) is 5.73 Å². The number of nitro groups is 1. The Morgan fingerprint density at radius 2 is 1.61 bits per heavy atom. The van der Waals surface area contributed by atoms with Crippen LogP contribution in [-0.4, -0.2) is 146 Å². The van der Waals surface area contributed by atoms with Crippen molar-refractivity contribution < 1.29 is 80.3 Å². The number of anilines is 4. The molecule has 2 amide bonds. The summed E-state index contributed by atoms with van der Waals surface area (Å²) in [4.78, 5) is 91.8. The summed E-state index contributed by atoms with van der Waals surface area (Å²) in [7, 11) is -1.47. The first kappa shape index (κ1) is 81.3. The minimum atomic E-state index is -4.61. The van der Waals surface area contributed by atoms with Gasteiger partial charge in [-0.3, -0.25) is 29.1 Å². The van der Waals surface area contributed by atoms with Crippen LogP contribution >= 0.6 is 65.4 Å². The SMILES string of the molecule is CC1COc2ccccc2N1C(=O)C(Cl)Cl.CCNc1nc(Cl)nc(NC(C)(C)C)n1.CCOC(=O)C(C)OC(=O)c1cc(Oc2ccc(C(F)(F)F)cc2Cl)ccc1[N+](=O)[O-].CCc1cccc(C)c1N(C(=O)CCl)C(C)COC.CP(=O)(O)CCC(N)C(=O)O. The third kappa shape index (κ3) is 27.4. The number of nitro benzene ring substituents is 1. The standard InChI is InChI=1S/C19H15ClF3NO7.C15H22ClNO2.C11H11Cl2NO2.C9H16ClN5.C5H12NO4P/c1-3-29-17(25)10(2)30-18(26)13-9-12(5-6-15(13)24(27)28)31-16-7-4-11(8-14(16)20)19(21,22)23;1-5-13-8-6-7-11(2)15(13)17(14(18)9-16)12(3)10-19-4;1-7-6-16-9-5-3-2-4-8(9)14(7)11(15)10(12)13;1-5-11-7-12-6(10)13-8(14-7)15-9(2,3)4;1-11(9,10)3-2-4(6)5(7)8/h4-10H,3H2,1-2H3;6-8,12H,5,9-10H2,1-4H3;2-5,7,10H,6H2,1H3;5H2,1-4H3,(H2,11,12,13,14,15);4H,2-3,6H2,1H3,(H,7,8)(H,9,10). The topological polar surface area (TPSA) is 327 Å². The molecule has 0 aliphatic carbocycles. The molecule has 0 saturated heterocycles. The van der Waals surface area contributed by atoms with Crippen LogP contribution in [0.1, 0.15) is 95.8 Å². The molecule has 2 heterocycles. The zero-order chi connectivity index (χ0) is 70.0. The molecule has 0 radical (unpaired) electrons. The first-order chi connectivity index (χ1) is 42.8. The lowest BCUT2D eigenvalue weighted by molar-refractivity contribution is -0.385. The van der Waals surface area contributed by atoms with Gasteiger partial charge in [-0.1, -0.05) is 72.1 Å². The van der Waals surface area contributed by atoms with Gasteiger partial charge in [-0.15, -0.1) is 11.6 Å². The number of carbonyl (C=O) groups excluding carboxylic acids is 4. The number of methoxy groups -OCH3 is 1. The number of aryl methyl sites for hydroxylation is 2. The van der Waals surface area contributed by atoms with E-state index in [9.17, 15) is 51.8 Å². The molecule has 508 valence electrons. The normalized spacial score (nSPS) is 14.0. The fourth-order valence-corrected chi connectivity index (χ4v) is 9.34. The second kappa shape index (κ2) is 38.4. The Morgan fingerprint density at radius 3 is 2.14 bits per heavy atom. The van der Waals surface area contributed by atoms with Crippen LogP contribution in [0, 0.1) is 17.0 Å². The summed E-state index contributed by atoms with van der Waals surface area (Å²) in [5.74, 6) is -2.26. The van der Waals surface area contributed by atoms with E-state index in [4.69, 9.17) is 97.4 Å². The second-order valence-electron chi connectivity index (χ2n) is 20.9. The number of carboxylic acids is 1. The Labute approximate surface area is 556 Å². The van der Waals surface area contributed by atoms with Crippen LogP contribution in [0.3, 0.4) is 0 Å². The third-order valence-corrected chi connectivity index (χ3v) is 14.2. The van der Waals surface area contributed by atoms with Crippen molar-refractivity contribution >= 4 is 124 Å². The van der Waals surface area contributed by atoms with E-state index in [0.29, 0.717) is 36.9 Å². The van der Waals surface area contributed by atoms with Crippen LogP contribution in [0.15, 0.2) is 78.9 Å². The number of carbonyl (C=O) groups is 5. The lowest BCUT2D eigenvalue weighted by Crippen LogP contribution is -2.47. The summed E-state index contributed by atoms with van der Waals surface area (Å²) in [5.41, 5.74) is 6.75. The van der Waals surface area contributed by atoms with Crippen molar-refractivity contribution in [2.75, 3.05) is 72.6 Å². The van der Waals surface area contributed by atoms with Gasteiger partial charge in [0.05, 0.1) is 52.2 Å². The first-order valence-corrected chi connectivity index (χ1v) is 32.5. The number of nitrogens with two attached hydrogens (primary N) is 1. The number of fused-ring (bicyclic) bond motifs is 1. The number of nitrogens with zero attached hydrogens (tertiary/aromatic N) is 6. The number of benzene rings is 4. The third-order valence-electron chi connectivity index (χ3n) is 12.0. The van der Waals surface area contributed by atoms with E-state index < -0.39 is 70.2 Å². The monoisotopic (exact) mass is 1410 g/mol. The van der Waals surface area contributed by atoms with Crippen LogP contribution in [-0.2, 0) is 50.6 Å². The summed E-state index contributed by atoms with van der Waals surface area (Å²) >= 11 is 28.6. The molecule has 5 aromatic rings. The van der Waals surface area contributed by atoms with Crippen molar-refractivity contribution in [3.8, 4) is 17.2 Å². The Morgan fingerprint density at radius 1 is 0.967 bits per heavy atom. The molecule has 0 spiro atoms. The second-order valence-corrected chi connectivity index (χ2v) is 25.6. The Hall–Kier alpha value is -6.81. The van der Waals surface area contributed by atoms with E-state index >= 15 is 0 Å². The van der Waals surface area contributed by atoms with Gasteiger partial charge in [0.25, 0.3) is 11.6 Å². The number of hydrogen-bond acceptors (Lipinski definition) is 19. The molecule has 92 heavy (non-hydrogen) atoms. The fourth-order valence-electron chi connectivity index (χ4n) is 7.86. The molecule has 6 N–H and O–H groups in total. The minimum absolute atomic E-state index is 0.0223. The molecule has 24 nitrogen and oxygen atoms in total. The summed E-state index contributed by atoms with van der Waals surface area (Å²) in [6, 6.07) is 17.7. The molecule has 5 unspecified atom stereocenters. The molecule has 1 aromatic heterocycles. The molecular weight excluding hydrogens is 1340 g/mol. The van der Waals surface area contributed by atoms with E-state index in [1.54, 1.807) is 23.8 Å². The van der Waals surface area contributed by atoms with E-state index in [1.807, 2.05) is 84.9 Å². The van der Waals surface area contributed by atoms with Crippen LogP contribution in [0.25, 0.3) is 0 Å². The number of alkyl halides is 6. The number of para-hydroxylation sites is 3. The largest absolute Gasteiger partial charge is 0.489 e. The molecule has 0 fully saturated rings. The van der Waals surface area contributed by atoms with E-state index in [2.05, 4.69) is 38.6 Å². The predicted molar refractivity (Wildman–Crippen MR) is 349 cm³/mol. The van der Waals surface area contributed by atoms with Crippen LogP contribution in [0.4, 0.5) is 42.1 Å². The van der Waals surface area contributed by atoms with Crippen LogP contribution < -0.4 is 35.6 Å². The average molecular weight is 1420 g/mol. The minimum Gasteiger partial charge on any atom is -0.489 e. The van der Waals surface area contributed by atoms with Crippen LogP contribution in [0.2, 0.25) is 10.3 Å². The molecular formula is C59H76Cl5F3N9O15P. The number of hydrogen-bond donors (Lipinski definition) is 5. The number of carboxylic acid groups (broad SMARTS) is 1. The highest BCUT2D eigenvalue weighted by molar-refractivity contribution is 7.57. The fraction of sp³-hybridized carbons (Fsp3) is 0.458. The van der Waals surface area contributed by atoms with Crippen molar-refractivity contribution in [3.63, 3.8) is 0 Å². The van der Waals surface area contributed by atoms with Gasteiger partial charge in [0.15, 0.2) is 18.3 Å². The lowest BCUT2D eigenvalue weighted by Gasteiger charge is -2.35. The van der Waals surface area contributed by atoms with Gasteiger partial charge < -0.3 is 59.9 Å². The number of esters is 2. The molecule has 4 aromatic carbocycles. The zero-order valence-electron chi connectivity index (χ0n) is 52.5. The van der Waals surface area contributed by atoms with Gasteiger partial charge in [0, 0.05) is 44.2 Å². The molecule has 1 aliphatic heterocycles. The smallest absolute Gasteiger partial charge is 0.416 e. The van der Waals surface area contributed by atoms with Gasteiger partial charge in [-0.2, -0.15) is 28.1 Å². The van der Waals surface area contributed by atoms with E-state index in [0.717, 1.165) is 65.8 Å². The number of halogens is 8. The average Bonchev–Trinajstić information content (AvgIpc) is 0.824. The Balaban J connectivity index is 0.000000411. The van der Waals surface area contributed by atoms with Gasteiger partial charge in [-0.05, 0) is 134 Å². The highest BCUT2D eigenvalue weighted by Crippen LogP contribution is 2.39. The molecule has 0 bridgehead atoms. The molecule has 33 heteroatoms. The summed E-state index contributed by atoms with van der Waals surface area (Å²) in [6.07, 6.45) is -5.06. The van der Waals surface area contributed by atoms with E-state index in [1.165, 1.54) is 13.6 Å². The maximum atomic E-state index is 12.8. The number of rotatable bonds is 21. The van der Waals surface area contributed by atoms with Crippen molar-refractivity contribution in [1.29, 1.82) is 0 Å². The predicted octanol–water partition coefficient (Wildman–Crippen LogP) is 12.8. The van der Waals surface area contributed by atoms with Crippen molar-refractivity contribution in [3.05, 3.63) is 122 Å². The highest BCUT2D eigenvalue weighted by Gasteiger charge is 2.34.